The van der Waals surface area contributed by atoms with Crippen LogP contribution in [0.3, 0.4) is 0 Å². The molecule has 5 heteroatoms. The average Bonchev–Trinajstić information content (AvgIpc) is 2.96. The van der Waals surface area contributed by atoms with E-state index in [9.17, 15) is 14.7 Å². The molecule has 1 unspecified atom stereocenters. The highest BCUT2D eigenvalue weighted by molar-refractivity contribution is 6.11. The van der Waals surface area contributed by atoms with Gasteiger partial charge in [0.25, 0.3) is 5.91 Å². The van der Waals surface area contributed by atoms with Gasteiger partial charge in [-0.2, -0.15) is 0 Å². The zero-order valence-corrected chi connectivity index (χ0v) is 20.8. The Morgan fingerprint density at radius 3 is 1.85 bits per heavy atom. The first-order valence-corrected chi connectivity index (χ1v) is 11.5. The largest absolute Gasteiger partial charge is 0.481 e. The molecule has 1 aliphatic rings. The van der Waals surface area contributed by atoms with Crippen LogP contribution < -0.4 is 10.2 Å². The number of carboxylic acids is 1. The molecule has 2 N–H and O–H groups in total. The summed E-state index contributed by atoms with van der Waals surface area (Å²) >= 11 is 0. The van der Waals surface area contributed by atoms with Crippen molar-refractivity contribution in [2.24, 2.45) is 0 Å². The summed E-state index contributed by atoms with van der Waals surface area (Å²) in [6, 6.07) is 16.1. The molecule has 33 heavy (non-hydrogen) atoms. The topological polar surface area (TPSA) is 69.6 Å². The first-order chi connectivity index (χ1) is 15.2. The fourth-order valence-electron chi connectivity index (χ4n) is 4.15. The Hall–Kier alpha value is -3.08. The maximum Gasteiger partial charge on any atom is 0.303 e. The van der Waals surface area contributed by atoms with E-state index in [0.717, 1.165) is 11.4 Å². The molecule has 0 saturated heterocycles. The number of nitrogens with zero attached hydrogens (tertiary/aromatic N) is 1. The van der Waals surface area contributed by atoms with Crippen LogP contribution in [0.15, 0.2) is 60.3 Å². The quantitative estimate of drug-likeness (QED) is 0.548. The van der Waals surface area contributed by atoms with Crippen molar-refractivity contribution < 1.29 is 14.7 Å². The number of nitrogens with one attached hydrogen (secondary N) is 1. The van der Waals surface area contributed by atoms with Gasteiger partial charge < -0.3 is 10.4 Å². The molecule has 1 atom stereocenters. The monoisotopic (exact) mass is 448 g/mol. The smallest absolute Gasteiger partial charge is 0.303 e. The maximum atomic E-state index is 13.5. The summed E-state index contributed by atoms with van der Waals surface area (Å²) in [5.41, 5.74) is 3.75. The number of carboxylic acid groups (broad SMARTS) is 1. The summed E-state index contributed by atoms with van der Waals surface area (Å²) < 4.78 is 0. The molecule has 0 bridgehead atoms. The Morgan fingerprint density at radius 1 is 0.909 bits per heavy atom. The number of hydrogen-bond donors (Lipinski definition) is 2. The standard InChI is InChI=1S/C28H36N2O3/c1-26(2,3)19-8-12-21(13-9-19)29-23-18-28(7,17-16-24(31)32)30(25(23)33)22-14-10-20(11-15-22)27(4,5)6/h8-15,18,29H,16-17H2,1-7H3,(H,31,32). The van der Waals surface area contributed by atoms with Crippen LogP contribution in [0.25, 0.3) is 0 Å². The number of anilines is 2. The Kier molecular flexibility index (Phi) is 6.47. The molecular formula is C28H36N2O3. The van der Waals surface area contributed by atoms with Crippen molar-refractivity contribution in [3.8, 4) is 0 Å². The molecule has 2 aromatic rings. The molecule has 0 radical (unpaired) electrons. The molecule has 5 nitrogen and oxygen atoms in total. The lowest BCUT2D eigenvalue weighted by Crippen LogP contribution is -2.45. The van der Waals surface area contributed by atoms with Gasteiger partial charge in [-0.05, 0) is 65.6 Å². The van der Waals surface area contributed by atoms with Crippen molar-refractivity contribution in [2.45, 2.75) is 77.7 Å². The van der Waals surface area contributed by atoms with Crippen molar-refractivity contribution in [3.63, 3.8) is 0 Å². The third-order valence-corrected chi connectivity index (χ3v) is 6.27. The highest BCUT2D eigenvalue weighted by atomic mass is 16.4. The Balaban J connectivity index is 1.92. The minimum Gasteiger partial charge on any atom is -0.481 e. The van der Waals surface area contributed by atoms with Crippen LogP contribution in [-0.2, 0) is 20.4 Å². The molecule has 0 aromatic heterocycles. The normalized spacial score (nSPS) is 18.9. The molecule has 1 amide bonds. The number of benzene rings is 2. The lowest BCUT2D eigenvalue weighted by atomic mass is 9.87. The highest BCUT2D eigenvalue weighted by Gasteiger charge is 2.43. The summed E-state index contributed by atoms with van der Waals surface area (Å²) in [5.74, 6) is -1.04. The van der Waals surface area contributed by atoms with Crippen LogP contribution in [0.2, 0.25) is 0 Å². The molecule has 0 spiro atoms. The van der Waals surface area contributed by atoms with E-state index in [1.54, 1.807) is 4.90 Å². The van der Waals surface area contributed by atoms with Gasteiger partial charge in [-0.15, -0.1) is 0 Å². The summed E-state index contributed by atoms with van der Waals surface area (Å²) in [4.78, 5) is 26.6. The number of rotatable bonds is 6. The lowest BCUT2D eigenvalue weighted by Gasteiger charge is -2.35. The number of amides is 1. The second-order valence-electron chi connectivity index (χ2n) is 11.2. The first-order valence-electron chi connectivity index (χ1n) is 11.5. The zero-order valence-electron chi connectivity index (χ0n) is 20.8. The van der Waals surface area contributed by atoms with Crippen LogP contribution in [0.1, 0.15) is 72.4 Å². The van der Waals surface area contributed by atoms with Gasteiger partial charge in [0.15, 0.2) is 0 Å². The van der Waals surface area contributed by atoms with Crippen molar-refractivity contribution in [1.29, 1.82) is 0 Å². The number of aliphatic carboxylic acids is 1. The van der Waals surface area contributed by atoms with Gasteiger partial charge in [0.1, 0.15) is 5.70 Å². The predicted octanol–water partition coefficient (Wildman–Crippen LogP) is 6.25. The third kappa shape index (κ3) is 5.47. The molecule has 0 saturated carbocycles. The minimum absolute atomic E-state index is 0.00431. The van der Waals surface area contributed by atoms with Gasteiger partial charge in [-0.3, -0.25) is 14.5 Å². The fraction of sp³-hybridized carbons (Fsp3) is 0.429. The molecule has 2 aromatic carbocycles. The van der Waals surface area contributed by atoms with Crippen LogP contribution in [0, 0.1) is 0 Å². The van der Waals surface area contributed by atoms with Gasteiger partial charge >= 0.3 is 5.97 Å². The van der Waals surface area contributed by atoms with E-state index in [-0.39, 0.29) is 23.2 Å². The second kappa shape index (κ2) is 8.69. The van der Waals surface area contributed by atoms with E-state index in [1.807, 2.05) is 49.4 Å². The van der Waals surface area contributed by atoms with Gasteiger partial charge in [0, 0.05) is 17.8 Å². The zero-order chi connectivity index (χ0) is 24.6. The van der Waals surface area contributed by atoms with Gasteiger partial charge in [-0.25, -0.2) is 0 Å². The van der Waals surface area contributed by atoms with Crippen molar-refractivity contribution in [3.05, 3.63) is 71.4 Å². The first kappa shape index (κ1) is 24.6. The number of carbonyl (C=O) groups is 2. The summed E-state index contributed by atoms with van der Waals surface area (Å²) in [7, 11) is 0. The van der Waals surface area contributed by atoms with Crippen molar-refractivity contribution >= 4 is 23.3 Å². The van der Waals surface area contributed by atoms with Crippen LogP contribution in [0.4, 0.5) is 11.4 Å². The molecule has 0 aliphatic carbocycles. The SMILES string of the molecule is CC(C)(C)c1ccc(NC2=CC(C)(CCC(=O)O)N(c3ccc(C(C)(C)C)cc3)C2=O)cc1. The number of hydrogen-bond acceptors (Lipinski definition) is 3. The van der Waals surface area contributed by atoms with Gasteiger partial charge in [0.2, 0.25) is 0 Å². The van der Waals surface area contributed by atoms with E-state index in [2.05, 4.69) is 59.0 Å². The van der Waals surface area contributed by atoms with Crippen molar-refractivity contribution in [1.82, 2.24) is 0 Å². The highest BCUT2D eigenvalue weighted by Crippen LogP contribution is 2.38. The molecule has 1 aliphatic heterocycles. The summed E-state index contributed by atoms with van der Waals surface area (Å²) in [6.45, 7) is 14.8. The Labute approximate surface area is 197 Å². The maximum absolute atomic E-state index is 13.5. The predicted molar refractivity (Wildman–Crippen MR) is 135 cm³/mol. The average molecular weight is 449 g/mol. The Bertz CT molecular complexity index is 1050. The van der Waals surface area contributed by atoms with E-state index >= 15 is 0 Å². The third-order valence-electron chi connectivity index (χ3n) is 6.27. The van der Waals surface area contributed by atoms with E-state index < -0.39 is 11.5 Å². The summed E-state index contributed by atoms with van der Waals surface area (Å²) in [5, 5.41) is 12.6. The summed E-state index contributed by atoms with van der Waals surface area (Å²) in [6.07, 6.45) is 2.17. The van der Waals surface area contributed by atoms with Crippen LogP contribution in [0.5, 0.6) is 0 Å². The Morgan fingerprint density at radius 2 is 1.39 bits per heavy atom. The van der Waals surface area contributed by atoms with E-state index in [0.29, 0.717) is 12.1 Å². The van der Waals surface area contributed by atoms with Crippen molar-refractivity contribution in [2.75, 3.05) is 10.2 Å². The molecular weight excluding hydrogens is 412 g/mol. The van der Waals surface area contributed by atoms with Crippen LogP contribution >= 0.6 is 0 Å². The molecule has 0 fully saturated rings. The van der Waals surface area contributed by atoms with Gasteiger partial charge in [0.05, 0.1) is 5.54 Å². The molecule has 3 rings (SSSR count). The van der Waals surface area contributed by atoms with Crippen LogP contribution in [-0.4, -0.2) is 22.5 Å². The molecule has 176 valence electrons. The molecule has 1 heterocycles. The van der Waals surface area contributed by atoms with E-state index in [4.69, 9.17) is 0 Å². The fourth-order valence-corrected chi connectivity index (χ4v) is 4.15. The minimum atomic E-state index is -0.876. The van der Waals surface area contributed by atoms with Gasteiger partial charge in [-0.1, -0.05) is 65.8 Å². The number of carbonyl (C=O) groups excluding carboxylic acids is 1. The van der Waals surface area contributed by atoms with E-state index in [1.165, 1.54) is 11.1 Å². The second-order valence-corrected chi connectivity index (χ2v) is 11.2. The lowest BCUT2D eigenvalue weighted by molar-refractivity contribution is -0.137.